The van der Waals surface area contributed by atoms with E-state index in [2.05, 4.69) is 26.8 Å². The molecule has 0 aliphatic rings. The van der Waals surface area contributed by atoms with Crippen molar-refractivity contribution in [3.05, 3.63) is 24.2 Å². The average Bonchev–Trinajstić information content (AvgIpc) is 1.85. The van der Waals surface area contributed by atoms with Crippen molar-refractivity contribution in [1.82, 2.24) is 4.90 Å². The third-order valence-corrected chi connectivity index (χ3v) is 1.73. The monoisotopic (exact) mass is 168 g/mol. The molecule has 0 fully saturated rings. The Labute approximate surface area is 75.7 Å². The van der Waals surface area contributed by atoms with E-state index in [1.165, 1.54) is 5.70 Å². The predicted octanol–water partition coefficient (Wildman–Crippen LogP) is 2.30. The van der Waals surface area contributed by atoms with Gasteiger partial charge in [0.2, 0.25) is 0 Å². The van der Waals surface area contributed by atoms with Crippen molar-refractivity contribution in [2.45, 2.75) is 27.7 Å². The molecule has 0 rings (SSSR count). The largest absolute Gasteiger partial charge is 0.403 e. The van der Waals surface area contributed by atoms with E-state index in [-0.39, 0.29) is 5.41 Å². The molecule has 0 saturated heterocycles. The topological polar surface area (TPSA) is 29.3 Å². The zero-order valence-electron chi connectivity index (χ0n) is 8.76. The first kappa shape index (κ1) is 11.1. The first-order chi connectivity index (χ1) is 5.43. The lowest BCUT2D eigenvalue weighted by molar-refractivity contribution is 0.375. The van der Waals surface area contributed by atoms with Crippen molar-refractivity contribution >= 4 is 0 Å². The lowest BCUT2D eigenvalue weighted by Crippen LogP contribution is -2.22. The van der Waals surface area contributed by atoms with Crippen LogP contribution in [0.1, 0.15) is 27.7 Å². The molecule has 2 N–H and O–H groups in total. The Kier molecular flexibility index (Phi) is 3.87. The van der Waals surface area contributed by atoms with Gasteiger partial charge in [0.1, 0.15) is 0 Å². The second kappa shape index (κ2) is 4.19. The van der Waals surface area contributed by atoms with Gasteiger partial charge in [-0.05, 0) is 6.92 Å². The molecule has 0 radical (unpaired) electrons. The summed E-state index contributed by atoms with van der Waals surface area (Å²) in [6, 6.07) is 0. The van der Waals surface area contributed by atoms with Gasteiger partial charge in [-0.25, -0.2) is 0 Å². The first-order valence-corrected chi connectivity index (χ1v) is 4.21. The number of allylic oxidation sites excluding steroid dienone is 2. The first-order valence-electron chi connectivity index (χ1n) is 4.21. The highest BCUT2D eigenvalue weighted by molar-refractivity contribution is 5.10. The molecule has 0 aliphatic heterocycles. The molecule has 70 valence electrons. The summed E-state index contributed by atoms with van der Waals surface area (Å²) in [5.41, 5.74) is 6.75. The van der Waals surface area contributed by atoms with Crippen LogP contribution in [0.15, 0.2) is 24.2 Å². The van der Waals surface area contributed by atoms with Gasteiger partial charge in [-0.15, -0.1) is 0 Å². The van der Waals surface area contributed by atoms with Crippen LogP contribution in [-0.2, 0) is 0 Å². The van der Waals surface area contributed by atoms with Crippen molar-refractivity contribution < 1.29 is 0 Å². The number of rotatable bonds is 2. The summed E-state index contributed by atoms with van der Waals surface area (Å²) in [5.74, 6) is 0. The summed E-state index contributed by atoms with van der Waals surface area (Å²) in [7, 11) is 2.00. The summed E-state index contributed by atoms with van der Waals surface area (Å²) in [6.45, 7) is 8.59. The second-order valence-corrected chi connectivity index (χ2v) is 3.88. The number of hydrogen-bond donors (Lipinski definition) is 1. The summed E-state index contributed by atoms with van der Waals surface area (Å²) in [4.78, 5) is 2.04. The Hall–Kier alpha value is -0.920. The van der Waals surface area contributed by atoms with E-state index in [0.717, 1.165) is 0 Å². The van der Waals surface area contributed by atoms with Crippen molar-refractivity contribution in [2.24, 2.45) is 11.1 Å². The van der Waals surface area contributed by atoms with E-state index >= 15 is 0 Å². The maximum atomic E-state index is 5.32. The molecule has 0 aromatic carbocycles. The molecule has 12 heavy (non-hydrogen) atoms. The zero-order chi connectivity index (χ0) is 9.78. The minimum Gasteiger partial charge on any atom is -0.403 e. The van der Waals surface area contributed by atoms with Crippen molar-refractivity contribution in [3.8, 4) is 0 Å². The molecule has 0 aromatic heterocycles. The fourth-order valence-corrected chi connectivity index (χ4v) is 1.38. The van der Waals surface area contributed by atoms with E-state index in [1.54, 1.807) is 6.20 Å². The Balaban J connectivity index is 4.59. The molecule has 0 heterocycles. The van der Waals surface area contributed by atoms with Gasteiger partial charge in [0.05, 0.1) is 0 Å². The van der Waals surface area contributed by atoms with Crippen LogP contribution < -0.4 is 5.73 Å². The fraction of sp³-hybridized carbons (Fsp3) is 0.600. The molecule has 0 spiro atoms. The van der Waals surface area contributed by atoms with Gasteiger partial charge < -0.3 is 10.6 Å². The molecule has 2 nitrogen and oxygen atoms in total. The van der Waals surface area contributed by atoms with Crippen LogP contribution in [0.25, 0.3) is 0 Å². The molecule has 0 saturated carbocycles. The molecule has 0 unspecified atom stereocenters. The molecular formula is C10H20N2. The van der Waals surface area contributed by atoms with Crippen LogP contribution in [-0.4, -0.2) is 11.9 Å². The Morgan fingerprint density at radius 2 is 1.83 bits per heavy atom. The van der Waals surface area contributed by atoms with E-state index in [0.29, 0.717) is 0 Å². The van der Waals surface area contributed by atoms with Crippen LogP contribution in [0.2, 0.25) is 0 Å². The third-order valence-electron chi connectivity index (χ3n) is 1.73. The lowest BCUT2D eigenvalue weighted by atomic mass is 9.91. The van der Waals surface area contributed by atoms with Crippen LogP contribution in [0.3, 0.4) is 0 Å². The number of hydrogen-bond acceptors (Lipinski definition) is 2. The maximum absolute atomic E-state index is 5.32. The summed E-state index contributed by atoms with van der Waals surface area (Å²) < 4.78 is 0. The van der Waals surface area contributed by atoms with Gasteiger partial charge >= 0.3 is 0 Å². The number of nitrogens with zero attached hydrogens (tertiary/aromatic N) is 1. The van der Waals surface area contributed by atoms with E-state index in [1.807, 2.05) is 25.1 Å². The van der Waals surface area contributed by atoms with Crippen LogP contribution in [0.4, 0.5) is 0 Å². The highest BCUT2D eigenvalue weighted by Crippen LogP contribution is 2.27. The summed E-state index contributed by atoms with van der Waals surface area (Å²) in [5, 5.41) is 0. The molecule has 2 heteroatoms. The molecule has 0 aromatic rings. The van der Waals surface area contributed by atoms with Gasteiger partial charge in [0.25, 0.3) is 0 Å². The zero-order valence-corrected chi connectivity index (χ0v) is 8.76. The fourth-order valence-electron chi connectivity index (χ4n) is 1.38. The van der Waals surface area contributed by atoms with Gasteiger partial charge in [0.15, 0.2) is 0 Å². The van der Waals surface area contributed by atoms with E-state index < -0.39 is 0 Å². The molecule has 0 atom stereocenters. The minimum atomic E-state index is 0.170. The van der Waals surface area contributed by atoms with Gasteiger partial charge in [-0.2, -0.15) is 0 Å². The normalized spacial score (nSPS) is 13.9. The minimum absolute atomic E-state index is 0.170. The lowest BCUT2D eigenvalue weighted by Gasteiger charge is -2.29. The second-order valence-electron chi connectivity index (χ2n) is 3.88. The molecule has 0 bridgehead atoms. The maximum Gasteiger partial charge on any atom is 0.0189 e. The Morgan fingerprint density at radius 1 is 1.33 bits per heavy atom. The highest BCUT2D eigenvalue weighted by Gasteiger charge is 2.18. The van der Waals surface area contributed by atoms with Gasteiger partial charge in [-0.1, -0.05) is 26.8 Å². The SMILES string of the molecule is C/C=C(\N(C)/C=C\N)C(C)(C)C. The quantitative estimate of drug-likeness (QED) is 0.685. The molecular weight excluding hydrogens is 148 g/mol. The Morgan fingerprint density at radius 3 is 2.08 bits per heavy atom. The van der Waals surface area contributed by atoms with Crippen molar-refractivity contribution in [3.63, 3.8) is 0 Å². The van der Waals surface area contributed by atoms with E-state index in [4.69, 9.17) is 5.73 Å². The van der Waals surface area contributed by atoms with Crippen LogP contribution in [0.5, 0.6) is 0 Å². The standard InChI is InChI=1S/C10H20N2/c1-6-9(10(2,3)4)12(5)8-7-11/h6-8H,11H2,1-5H3/b8-7-,9-6-. The van der Waals surface area contributed by atoms with E-state index in [9.17, 15) is 0 Å². The Bertz CT molecular complexity index is 185. The smallest absolute Gasteiger partial charge is 0.0189 e. The molecule has 0 aliphatic carbocycles. The third kappa shape index (κ3) is 2.99. The summed E-state index contributed by atoms with van der Waals surface area (Å²) >= 11 is 0. The average molecular weight is 168 g/mol. The summed E-state index contributed by atoms with van der Waals surface area (Å²) in [6.07, 6.45) is 5.52. The van der Waals surface area contributed by atoms with Crippen LogP contribution in [0, 0.1) is 5.41 Å². The molecule has 0 amide bonds. The van der Waals surface area contributed by atoms with Crippen molar-refractivity contribution in [2.75, 3.05) is 7.05 Å². The van der Waals surface area contributed by atoms with Gasteiger partial charge in [-0.3, -0.25) is 0 Å². The van der Waals surface area contributed by atoms with Crippen LogP contribution >= 0.6 is 0 Å². The van der Waals surface area contributed by atoms with Crippen molar-refractivity contribution in [1.29, 1.82) is 0 Å². The number of nitrogens with two attached hydrogens (primary N) is 1. The highest BCUT2D eigenvalue weighted by atomic mass is 15.1. The predicted molar refractivity (Wildman–Crippen MR) is 54.3 cm³/mol. The van der Waals surface area contributed by atoms with Gasteiger partial charge in [0, 0.05) is 30.6 Å².